The molecule has 0 spiro atoms. The van der Waals surface area contributed by atoms with Gasteiger partial charge in [0.2, 0.25) is 0 Å². The summed E-state index contributed by atoms with van der Waals surface area (Å²) in [5.41, 5.74) is 0. The standard InChI is InChI=1S/C18H30O3/c1-17(2)13-11-9-7-5-3-4-6-8-10-12-14-21-16-18(20)15-19/h4,6,12,14,17-20H,3,5,7,9,11,13,15-16H2,1-2H3/b6-4-,14-12-/t18-/m0/s1. The number of aliphatic hydroxyl groups excluding tert-OH is 2. The lowest BCUT2D eigenvalue weighted by Gasteiger charge is -2.04. The highest BCUT2D eigenvalue weighted by Crippen LogP contribution is 2.10. The van der Waals surface area contributed by atoms with E-state index in [9.17, 15) is 0 Å². The van der Waals surface area contributed by atoms with Crippen LogP contribution < -0.4 is 0 Å². The average Bonchev–Trinajstić information content (AvgIpc) is 2.46. The Kier molecular flexibility index (Phi) is 14.3. The van der Waals surface area contributed by atoms with E-state index in [1.807, 2.05) is 6.08 Å². The van der Waals surface area contributed by atoms with Crippen LogP contribution in [0.15, 0.2) is 24.5 Å². The number of rotatable bonds is 11. The summed E-state index contributed by atoms with van der Waals surface area (Å²) in [6.45, 7) is 4.34. The van der Waals surface area contributed by atoms with Crippen molar-refractivity contribution in [3.05, 3.63) is 24.5 Å². The van der Waals surface area contributed by atoms with Gasteiger partial charge in [-0.15, -0.1) is 0 Å². The maximum Gasteiger partial charge on any atom is 0.115 e. The van der Waals surface area contributed by atoms with E-state index in [4.69, 9.17) is 14.9 Å². The molecule has 3 heteroatoms. The van der Waals surface area contributed by atoms with Gasteiger partial charge in [0.05, 0.1) is 12.9 Å². The maximum atomic E-state index is 9.01. The molecule has 1 atom stereocenters. The second-order valence-electron chi connectivity index (χ2n) is 5.55. The summed E-state index contributed by atoms with van der Waals surface area (Å²) < 4.78 is 4.97. The molecule has 3 nitrogen and oxygen atoms in total. The third-order valence-electron chi connectivity index (χ3n) is 2.93. The van der Waals surface area contributed by atoms with Crippen molar-refractivity contribution < 1.29 is 14.9 Å². The Balaban J connectivity index is 3.43. The fraction of sp³-hybridized carbons (Fsp3) is 0.667. The number of allylic oxidation sites excluding steroid dienone is 3. The van der Waals surface area contributed by atoms with Crippen molar-refractivity contribution in [1.29, 1.82) is 0 Å². The van der Waals surface area contributed by atoms with Crippen LogP contribution in [0.5, 0.6) is 0 Å². The Bertz CT molecular complexity index is 334. The summed E-state index contributed by atoms with van der Waals surface area (Å²) in [5.74, 6) is 6.53. The van der Waals surface area contributed by atoms with E-state index in [-0.39, 0.29) is 13.2 Å². The minimum Gasteiger partial charge on any atom is -0.498 e. The first kappa shape index (κ1) is 19.8. The van der Waals surface area contributed by atoms with Crippen molar-refractivity contribution in [3.63, 3.8) is 0 Å². The van der Waals surface area contributed by atoms with Gasteiger partial charge in [0, 0.05) is 6.08 Å². The predicted molar refractivity (Wildman–Crippen MR) is 87.6 cm³/mol. The highest BCUT2D eigenvalue weighted by Gasteiger charge is 1.98. The lowest BCUT2D eigenvalue weighted by atomic mass is 10.0. The number of ether oxygens (including phenoxy) is 1. The lowest BCUT2D eigenvalue weighted by Crippen LogP contribution is -2.17. The third-order valence-corrected chi connectivity index (χ3v) is 2.93. The molecule has 21 heavy (non-hydrogen) atoms. The number of hydrogen-bond donors (Lipinski definition) is 2. The van der Waals surface area contributed by atoms with Crippen LogP contribution in [0.2, 0.25) is 0 Å². The van der Waals surface area contributed by atoms with Crippen LogP contribution in [0.1, 0.15) is 52.4 Å². The van der Waals surface area contributed by atoms with Gasteiger partial charge in [0.1, 0.15) is 12.7 Å². The predicted octanol–water partition coefficient (Wildman–Crippen LogP) is 3.43. The molecule has 2 N–H and O–H groups in total. The lowest BCUT2D eigenvalue weighted by molar-refractivity contribution is 0.0385. The van der Waals surface area contributed by atoms with E-state index >= 15 is 0 Å². The minimum atomic E-state index is -0.831. The maximum absolute atomic E-state index is 9.01. The second-order valence-corrected chi connectivity index (χ2v) is 5.55. The van der Waals surface area contributed by atoms with Crippen LogP contribution in [0.25, 0.3) is 0 Å². The third kappa shape index (κ3) is 16.7. The largest absolute Gasteiger partial charge is 0.498 e. The number of unbranched alkanes of at least 4 members (excludes halogenated alkanes) is 4. The first-order valence-electron chi connectivity index (χ1n) is 7.88. The van der Waals surface area contributed by atoms with Crippen molar-refractivity contribution in [2.45, 2.75) is 58.5 Å². The van der Waals surface area contributed by atoms with Gasteiger partial charge in [-0.25, -0.2) is 0 Å². The fourth-order valence-electron chi connectivity index (χ4n) is 1.71. The Morgan fingerprint density at radius 2 is 1.76 bits per heavy atom. The van der Waals surface area contributed by atoms with E-state index in [1.54, 1.807) is 6.08 Å². The van der Waals surface area contributed by atoms with Gasteiger partial charge in [0.15, 0.2) is 0 Å². The summed E-state index contributed by atoms with van der Waals surface area (Å²) in [6.07, 6.45) is 13.8. The molecule has 0 saturated heterocycles. The van der Waals surface area contributed by atoms with Gasteiger partial charge < -0.3 is 14.9 Å². The average molecular weight is 294 g/mol. The van der Waals surface area contributed by atoms with E-state index < -0.39 is 6.10 Å². The molecule has 0 fully saturated rings. The Morgan fingerprint density at radius 1 is 1.05 bits per heavy atom. The van der Waals surface area contributed by atoms with Crippen LogP contribution in [-0.4, -0.2) is 29.5 Å². The monoisotopic (exact) mass is 294 g/mol. The molecule has 0 rings (SSSR count). The number of hydrogen-bond acceptors (Lipinski definition) is 3. The van der Waals surface area contributed by atoms with Gasteiger partial charge in [0.25, 0.3) is 0 Å². The zero-order valence-electron chi connectivity index (χ0n) is 13.4. The van der Waals surface area contributed by atoms with Gasteiger partial charge in [-0.2, -0.15) is 0 Å². The topological polar surface area (TPSA) is 49.7 Å². The van der Waals surface area contributed by atoms with Crippen molar-refractivity contribution in [2.75, 3.05) is 13.2 Å². The molecule has 0 aromatic heterocycles. The molecule has 0 aromatic carbocycles. The second kappa shape index (κ2) is 15.2. The molecule has 0 aromatic rings. The highest BCUT2D eigenvalue weighted by molar-refractivity contribution is 5.22. The summed E-state index contributed by atoms with van der Waals surface area (Å²) in [6, 6.07) is 0. The highest BCUT2D eigenvalue weighted by atomic mass is 16.5. The van der Waals surface area contributed by atoms with E-state index in [2.05, 4.69) is 31.8 Å². The van der Waals surface area contributed by atoms with Crippen molar-refractivity contribution >= 4 is 0 Å². The van der Waals surface area contributed by atoms with Gasteiger partial charge in [-0.1, -0.05) is 57.4 Å². The van der Waals surface area contributed by atoms with E-state index in [0.29, 0.717) is 0 Å². The zero-order valence-corrected chi connectivity index (χ0v) is 13.4. The van der Waals surface area contributed by atoms with Crippen LogP contribution in [0.4, 0.5) is 0 Å². The Labute approximate surface area is 129 Å². The molecule has 0 radical (unpaired) electrons. The molecule has 0 aliphatic rings. The molecule has 0 unspecified atom stereocenters. The molecule has 0 saturated carbocycles. The van der Waals surface area contributed by atoms with E-state index in [1.165, 1.54) is 38.4 Å². The van der Waals surface area contributed by atoms with Crippen LogP contribution in [0, 0.1) is 17.8 Å². The SMILES string of the molecule is CC(C)CCCCCC/C=C\C#C/C=C\OC[C@@H](O)CO. The molecule has 0 heterocycles. The number of aliphatic hydroxyl groups is 2. The quantitative estimate of drug-likeness (QED) is 0.349. The summed E-state index contributed by atoms with van der Waals surface area (Å²) in [4.78, 5) is 0. The molecule has 0 amide bonds. The molecular formula is C18H30O3. The smallest absolute Gasteiger partial charge is 0.115 e. The summed E-state index contributed by atoms with van der Waals surface area (Å²) >= 11 is 0. The van der Waals surface area contributed by atoms with Gasteiger partial charge >= 0.3 is 0 Å². The minimum absolute atomic E-state index is 0.0847. The van der Waals surface area contributed by atoms with Gasteiger partial charge in [-0.3, -0.25) is 0 Å². The first-order chi connectivity index (χ1) is 10.2. The van der Waals surface area contributed by atoms with Crippen molar-refractivity contribution in [1.82, 2.24) is 0 Å². The van der Waals surface area contributed by atoms with Gasteiger partial charge in [-0.05, 0) is 24.8 Å². The molecule has 0 aliphatic heterocycles. The fourth-order valence-corrected chi connectivity index (χ4v) is 1.71. The zero-order chi connectivity index (χ0) is 15.8. The molecular weight excluding hydrogens is 264 g/mol. The molecule has 0 aliphatic carbocycles. The van der Waals surface area contributed by atoms with Crippen LogP contribution in [-0.2, 0) is 4.74 Å². The normalized spacial score (nSPS) is 12.8. The van der Waals surface area contributed by atoms with Crippen LogP contribution in [0.3, 0.4) is 0 Å². The van der Waals surface area contributed by atoms with E-state index in [0.717, 1.165) is 12.3 Å². The Morgan fingerprint density at radius 3 is 2.48 bits per heavy atom. The summed E-state index contributed by atoms with van der Waals surface area (Å²) in [5, 5.41) is 17.6. The summed E-state index contributed by atoms with van der Waals surface area (Å²) in [7, 11) is 0. The van der Waals surface area contributed by atoms with Crippen LogP contribution >= 0.6 is 0 Å². The first-order valence-corrected chi connectivity index (χ1v) is 7.88. The Hall–Kier alpha value is -1.24. The van der Waals surface area contributed by atoms with Crippen molar-refractivity contribution in [3.8, 4) is 11.8 Å². The molecule has 0 bridgehead atoms. The molecule has 120 valence electrons. The van der Waals surface area contributed by atoms with Crippen molar-refractivity contribution in [2.24, 2.45) is 5.92 Å².